The van der Waals surface area contributed by atoms with Gasteiger partial charge in [0, 0.05) is 113 Å². The second-order valence-corrected chi connectivity index (χ2v) is 35.9. The molecule has 10 aromatic heterocycles. The van der Waals surface area contributed by atoms with Crippen molar-refractivity contribution in [3.63, 3.8) is 0 Å². The van der Waals surface area contributed by atoms with Crippen LogP contribution in [-0.2, 0) is 74.6 Å². The zero-order valence-corrected chi connectivity index (χ0v) is 86.4. The summed E-state index contributed by atoms with van der Waals surface area (Å²) in [5.41, 5.74) is 9.55. The van der Waals surface area contributed by atoms with E-state index in [1.54, 1.807) is 76.7 Å². The third-order valence-electron chi connectivity index (χ3n) is 22.4. The molecule has 15 aromatic rings. The lowest BCUT2D eigenvalue weighted by molar-refractivity contribution is 0.0686. The van der Waals surface area contributed by atoms with Crippen LogP contribution in [0.5, 0.6) is 29.4 Å². The van der Waals surface area contributed by atoms with Gasteiger partial charge in [0.15, 0.2) is 29.1 Å². The highest BCUT2D eigenvalue weighted by Gasteiger charge is 2.25. The van der Waals surface area contributed by atoms with Gasteiger partial charge in [0.05, 0.1) is 85.2 Å². The Bertz CT molecular complexity index is 6450. The molecule has 784 valence electrons. The van der Waals surface area contributed by atoms with E-state index in [-0.39, 0.29) is 52.7 Å². The van der Waals surface area contributed by atoms with Gasteiger partial charge in [0.25, 0.3) is 0 Å². The molecule has 5 aromatic carbocycles. The van der Waals surface area contributed by atoms with Gasteiger partial charge >= 0.3 is 29.8 Å². The number of carboxylic acids is 5. The molecular weight excluding hydrogens is 1980 g/mol. The summed E-state index contributed by atoms with van der Waals surface area (Å²) in [6.45, 7) is 15.4. The predicted molar refractivity (Wildman–Crippen MR) is 558 cm³/mol. The number of pyridine rings is 5. The van der Waals surface area contributed by atoms with Gasteiger partial charge in [-0.3, -0.25) is 0 Å². The topological polar surface area (TPSA) is 418 Å². The largest absolute Gasteiger partial charge is 0.478 e. The van der Waals surface area contributed by atoms with Crippen molar-refractivity contribution in [1.82, 2.24) is 93.4 Å². The first-order valence-corrected chi connectivity index (χ1v) is 49.1. The van der Waals surface area contributed by atoms with Crippen LogP contribution in [0.25, 0.3) is 29.1 Å². The monoisotopic (exact) mass is 2100 g/mol. The maximum absolute atomic E-state index is 13.2. The fraction of sp³-hybridized carbons (Fsp3) is 0.306. The fourth-order valence-electron chi connectivity index (χ4n) is 14.3. The van der Waals surface area contributed by atoms with Crippen molar-refractivity contribution in [2.75, 3.05) is 108 Å². The van der Waals surface area contributed by atoms with Crippen molar-refractivity contribution in [3.8, 4) is 58.5 Å². The molecule has 0 bridgehead atoms. The zero-order valence-electron chi connectivity index (χ0n) is 84.1. The van der Waals surface area contributed by atoms with Crippen molar-refractivity contribution in [1.29, 1.82) is 0 Å². The number of halogens is 5. The van der Waals surface area contributed by atoms with E-state index < -0.39 is 29.8 Å². The van der Waals surface area contributed by atoms with Gasteiger partial charge in [-0.05, 0) is 243 Å². The second kappa shape index (κ2) is 58.9. The number of aromatic carboxylic acids is 5. The Morgan fingerprint density at radius 2 is 0.523 bits per heavy atom. The number of hydrogen-bond donors (Lipinski definition) is 5. The van der Waals surface area contributed by atoms with Gasteiger partial charge in [0.1, 0.15) is 44.7 Å². The van der Waals surface area contributed by atoms with Crippen LogP contribution < -0.4 is 23.7 Å². The van der Waals surface area contributed by atoms with Crippen LogP contribution >= 0.6 is 34.8 Å². The molecule has 41 heteroatoms. The van der Waals surface area contributed by atoms with Gasteiger partial charge < -0.3 is 78.3 Å². The standard InChI is InChI=1S/C22H25ClN4O4.C22H25ClN4O3.C22H25FN4O4.C22H25FN4O3.C20H20ClN3O3/c1-26(2)10-12-30-11-8-18-14-25-27(20-13-17(22(28)29)7-9-24-20)21(18)31-15-16-3-5-19(23)6-4-16;1-3-11-26(2)12-9-18-14-25-27(20-13-17(22(28)29)8-10-24-20)21(18)30-15-16-4-6-19(23)7-5-16;1-26(2)10-12-30-11-8-18-14-25-27(20-13-17(22(28)29)7-9-24-20)21(18)31-15-16-3-5-19(23)6-4-16;1-3-11-26(2)12-9-18-14-25-27(20-13-17(22(28)29)8-10-24-20)21(18)30-15-16-4-6-19(23)7-5-16;1-2-3-4-16-12-23-24(18-11-15(20(25)26)9-10-22-18)19(16)27-13-14-5-7-17(21)8-6-14/h3-7,9,13-14H,8,10-12,15H2,1-2H3,(H,28,29);4-8,10,13-14H,3,9,11-12,15H2,1-2H3,(H,28,29);3-7,9,13-14H,8,10-12,15H2,1-2H3,(H,28,29);4-8,10,13-14H,3,9,11-12,15H2,1-2H3,(H,28,29);5-12H,2-4,13H2,1H3,(H,25,26). The van der Waals surface area contributed by atoms with E-state index in [4.69, 9.17) is 68.0 Å². The van der Waals surface area contributed by atoms with Crippen LogP contribution in [0.3, 0.4) is 0 Å². The summed E-state index contributed by atoms with van der Waals surface area (Å²) in [4.78, 5) is 86.5. The number of carbonyl (C=O) groups is 5. The summed E-state index contributed by atoms with van der Waals surface area (Å²) < 4.78 is 75.7. The normalized spacial score (nSPS) is 11.0. The van der Waals surface area contributed by atoms with Crippen LogP contribution in [0.1, 0.15) is 154 Å². The van der Waals surface area contributed by atoms with E-state index >= 15 is 0 Å². The average Bonchev–Trinajstić information content (AvgIpc) is 1.69. The lowest BCUT2D eigenvalue weighted by atomic mass is 10.1. The lowest BCUT2D eigenvalue weighted by Crippen LogP contribution is -2.22. The predicted octanol–water partition coefficient (Wildman–Crippen LogP) is 18.3. The molecule has 0 saturated carbocycles. The molecule has 0 amide bonds. The minimum absolute atomic E-state index is 0.0959. The molecule has 0 aliphatic rings. The number of ether oxygens (including phenoxy) is 7. The van der Waals surface area contributed by atoms with E-state index in [0.717, 1.165) is 133 Å². The number of hydrogen-bond acceptors (Lipinski definition) is 26. The highest BCUT2D eigenvalue weighted by atomic mass is 35.5. The smallest absolute Gasteiger partial charge is 0.335 e. The summed E-state index contributed by atoms with van der Waals surface area (Å²) >= 11 is 17.8. The SMILES string of the molecule is CCCCc1cnn(-c2cc(C(=O)O)ccn2)c1OCc1ccc(Cl)cc1.CCCN(C)CCc1cnn(-c2cc(C(=O)O)ccn2)c1OCc1ccc(Cl)cc1.CCCN(C)CCc1cnn(-c2cc(C(=O)O)ccn2)c1OCc1ccc(F)cc1.CN(C)CCOCCc1cnn(-c2cc(C(=O)O)ccn2)c1OCc1ccc(Cl)cc1.CN(C)CCOCCc1cnn(-c2cc(C(=O)O)ccn2)c1OCc1ccc(F)cc1. The molecule has 0 saturated heterocycles. The first-order valence-electron chi connectivity index (χ1n) is 47.9. The van der Waals surface area contributed by atoms with E-state index in [0.29, 0.717) is 139 Å². The van der Waals surface area contributed by atoms with E-state index in [2.05, 4.69) is 100.0 Å². The van der Waals surface area contributed by atoms with Crippen molar-refractivity contribution < 1.29 is 91.4 Å². The van der Waals surface area contributed by atoms with Crippen LogP contribution in [0.4, 0.5) is 8.78 Å². The summed E-state index contributed by atoms with van der Waals surface area (Å²) in [5, 5.41) is 70.3. The quantitative estimate of drug-likeness (QED) is 0.0221. The summed E-state index contributed by atoms with van der Waals surface area (Å²) in [6.07, 6.45) is 23.4. The number of nitrogens with zero attached hydrogens (tertiary/aromatic N) is 19. The maximum Gasteiger partial charge on any atom is 0.335 e. The number of benzene rings is 5. The first kappa shape index (κ1) is 114. The molecule has 10 heterocycles. The molecule has 0 unspecified atom stereocenters. The lowest BCUT2D eigenvalue weighted by Gasteiger charge is -2.16. The van der Waals surface area contributed by atoms with Crippen LogP contribution in [0, 0.1) is 11.6 Å². The molecular formula is C108H120Cl3F2N19O17. The third-order valence-corrected chi connectivity index (χ3v) is 23.2. The number of unbranched alkanes of at least 4 members (excludes halogenated alkanes) is 1. The third kappa shape index (κ3) is 36.1. The molecule has 0 aliphatic heterocycles. The number of aryl methyl sites for hydroxylation is 1. The molecule has 0 aliphatic carbocycles. The number of aromatic nitrogens is 15. The van der Waals surface area contributed by atoms with Crippen molar-refractivity contribution in [3.05, 3.63) is 354 Å². The number of likely N-dealkylation sites (N-methyl/N-ethyl adjacent to an activating group) is 4. The minimum Gasteiger partial charge on any atom is -0.478 e. The number of carboxylic acid groups (broad SMARTS) is 5. The fourth-order valence-corrected chi connectivity index (χ4v) is 14.7. The maximum atomic E-state index is 13.2. The Morgan fingerprint density at radius 1 is 0.295 bits per heavy atom. The Hall–Kier alpha value is -15.3. The first-order chi connectivity index (χ1) is 71.9. The van der Waals surface area contributed by atoms with Crippen molar-refractivity contribution >= 4 is 64.6 Å². The van der Waals surface area contributed by atoms with E-state index in [9.17, 15) is 58.3 Å². The van der Waals surface area contributed by atoms with Crippen LogP contribution in [-0.4, -0.2) is 257 Å². The Kier molecular flexibility index (Phi) is 45.1. The highest BCUT2D eigenvalue weighted by molar-refractivity contribution is 6.31. The Morgan fingerprint density at radius 3 is 0.745 bits per heavy atom. The van der Waals surface area contributed by atoms with Gasteiger partial charge in [0.2, 0.25) is 29.4 Å². The zero-order chi connectivity index (χ0) is 107. The summed E-state index contributed by atoms with van der Waals surface area (Å²) in [7, 11) is 12.1. The molecule has 15 rings (SSSR count). The van der Waals surface area contributed by atoms with Gasteiger partial charge in [-0.15, -0.1) is 0 Å². The molecule has 0 atom stereocenters. The highest BCUT2D eigenvalue weighted by Crippen LogP contribution is 2.32. The van der Waals surface area contributed by atoms with Gasteiger partial charge in [-0.25, -0.2) is 57.7 Å². The van der Waals surface area contributed by atoms with Crippen molar-refractivity contribution in [2.45, 2.75) is 112 Å². The van der Waals surface area contributed by atoms with Crippen LogP contribution in [0.2, 0.25) is 15.1 Å². The molecule has 0 spiro atoms. The van der Waals surface area contributed by atoms with Crippen LogP contribution in [0.15, 0.2) is 244 Å². The molecule has 5 N–H and O–H groups in total. The van der Waals surface area contributed by atoms with Crippen molar-refractivity contribution in [2.24, 2.45) is 0 Å². The molecule has 0 radical (unpaired) electrons. The van der Waals surface area contributed by atoms with E-state index in [1.165, 1.54) is 130 Å². The summed E-state index contributed by atoms with van der Waals surface area (Å²) in [6, 6.07) is 48.8. The molecule has 149 heavy (non-hydrogen) atoms. The van der Waals surface area contributed by atoms with Gasteiger partial charge in [-0.1, -0.05) is 123 Å². The Balaban J connectivity index is 0.000000177. The summed E-state index contributed by atoms with van der Waals surface area (Å²) in [5.74, 6) is -1.35. The minimum atomic E-state index is -1.06. The Labute approximate surface area is 876 Å². The second-order valence-electron chi connectivity index (χ2n) is 34.6. The molecule has 36 nitrogen and oxygen atoms in total. The molecule has 0 fully saturated rings. The average molecular weight is 2100 g/mol. The van der Waals surface area contributed by atoms with Gasteiger partial charge in [-0.2, -0.15) is 48.9 Å². The number of rotatable bonds is 50. The van der Waals surface area contributed by atoms with E-state index in [1.807, 2.05) is 93.8 Å².